The van der Waals surface area contributed by atoms with Crippen molar-refractivity contribution < 1.29 is 4.79 Å². The Labute approximate surface area is 193 Å². The number of rotatable bonds is 7. The summed E-state index contributed by atoms with van der Waals surface area (Å²) in [7, 11) is 0. The van der Waals surface area contributed by atoms with Crippen LogP contribution in [-0.2, 0) is 13.0 Å². The Morgan fingerprint density at radius 1 is 1.06 bits per heavy atom. The third-order valence-corrected chi connectivity index (χ3v) is 6.85. The van der Waals surface area contributed by atoms with Gasteiger partial charge in [-0.3, -0.25) is 4.79 Å². The Hall–Kier alpha value is -2.43. The molecule has 1 heterocycles. The highest BCUT2D eigenvalue weighted by Crippen LogP contribution is 2.36. The summed E-state index contributed by atoms with van der Waals surface area (Å²) < 4.78 is 0. The summed E-state index contributed by atoms with van der Waals surface area (Å²) in [4.78, 5) is 16.5. The summed E-state index contributed by atoms with van der Waals surface area (Å²) in [5.41, 5.74) is 4.36. The fourth-order valence-electron chi connectivity index (χ4n) is 3.80. The lowest BCUT2D eigenvalue weighted by Crippen LogP contribution is -2.33. The van der Waals surface area contributed by atoms with Crippen LogP contribution in [0.3, 0.4) is 0 Å². The molecule has 5 heteroatoms. The number of benzene rings is 3. The van der Waals surface area contributed by atoms with Crippen LogP contribution in [0.2, 0.25) is 5.02 Å². The average molecular weight is 451 g/mol. The highest BCUT2D eigenvalue weighted by molar-refractivity contribution is 7.99. The Balaban J connectivity index is 1.42. The minimum absolute atomic E-state index is 0.00891. The topological polar surface area (TPSA) is 32.3 Å². The molecule has 1 aliphatic rings. The molecule has 3 aromatic carbocycles. The van der Waals surface area contributed by atoms with E-state index in [9.17, 15) is 4.79 Å². The van der Waals surface area contributed by atoms with Gasteiger partial charge in [0.1, 0.15) is 0 Å². The van der Waals surface area contributed by atoms with Gasteiger partial charge in [0, 0.05) is 40.4 Å². The van der Waals surface area contributed by atoms with Gasteiger partial charge in [-0.25, -0.2) is 0 Å². The quantitative estimate of drug-likeness (QED) is 0.464. The molecule has 1 N–H and O–H groups in total. The predicted molar refractivity (Wildman–Crippen MR) is 131 cm³/mol. The average Bonchev–Trinajstić information content (AvgIpc) is 2.80. The number of carbonyl (C=O) groups is 1. The second-order valence-electron chi connectivity index (χ2n) is 7.98. The van der Waals surface area contributed by atoms with E-state index in [2.05, 4.69) is 59.6 Å². The number of halogens is 1. The first kappa shape index (κ1) is 21.8. The van der Waals surface area contributed by atoms with Crippen molar-refractivity contribution >= 4 is 35.0 Å². The van der Waals surface area contributed by atoms with Crippen molar-refractivity contribution in [1.82, 2.24) is 5.32 Å². The lowest BCUT2D eigenvalue weighted by molar-refractivity contribution is 0.0938. The zero-order valence-electron chi connectivity index (χ0n) is 17.7. The van der Waals surface area contributed by atoms with Crippen molar-refractivity contribution in [3.05, 3.63) is 94.5 Å². The van der Waals surface area contributed by atoms with Crippen molar-refractivity contribution in [2.45, 2.75) is 37.2 Å². The SMILES string of the molecule is CC(CCc1ccccc1)NC(=O)c1ccc2c(c1)N(Cc1ccc(Cl)cc1)CCS2. The minimum atomic E-state index is -0.00891. The third-order valence-electron chi connectivity index (χ3n) is 5.55. The summed E-state index contributed by atoms with van der Waals surface area (Å²) >= 11 is 7.88. The molecule has 1 aliphatic heterocycles. The molecule has 3 aromatic rings. The number of amides is 1. The molecule has 3 nitrogen and oxygen atoms in total. The van der Waals surface area contributed by atoms with E-state index < -0.39 is 0 Å². The summed E-state index contributed by atoms with van der Waals surface area (Å²) in [6.45, 7) is 3.84. The van der Waals surface area contributed by atoms with E-state index in [-0.39, 0.29) is 11.9 Å². The molecule has 0 bridgehead atoms. The number of aryl methyl sites for hydroxylation is 1. The molecule has 31 heavy (non-hydrogen) atoms. The van der Waals surface area contributed by atoms with Crippen molar-refractivity contribution in [3.8, 4) is 0 Å². The molecular formula is C26H27ClN2OS. The van der Waals surface area contributed by atoms with Crippen LogP contribution in [0, 0.1) is 0 Å². The summed E-state index contributed by atoms with van der Waals surface area (Å²) in [5.74, 6) is 1.04. The molecule has 0 aromatic heterocycles. The first-order valence-corrected chi connectivity index (χ1v) is 12.1. The van der Waals surface area contributed by atoms with E-state index in [1.165, 1.54) is 16.0 Å². The monoisotopic (exact) mass is 450 g/mol. The first-order valence-electron chi connectivity index (χ1n) is 10.7. The zero-order valence-corrected chi connectivity index (χ0v) is 19.3. The van der Waals surface area contributed by atoms with Crippen molar-refractivity contribution in [3.63, 3.8) is 0 Å². The van der Waals surface area contributed by atoms with Crippen LogP contribution >= 0.6 is 23.4 Å². The lowest BCUT2D eigenvalue weighted by Gasteiger charge is -2.31. The molecule has 4 rings (SSSR count). The summed E-state index contributed by atoms with van der Waals surface area (Å²) in [5, 5.41) is 3.91. The Morgan fingerprint density at radius 3 is 2.61 bits per heavy atom. The highest BCUT2D eigenvalue weighted by atomic mass is 35.5. The lowest BCUT2D eigenvalue weighted by atomic mass is 10.1. The number of thioether (sulfide) groups is 1. The van der Waals surface area contributed by atoms with Crippen LogP contribution in [0.1, 0.15) is 34.8 Å². The maximum Gasteiger partial charge on any atom is 0.251 e. The van der Waals surface area contributed by atoms with E-state index in [0.717, 1.165) is 42.4 Å². The van der Waals surface area contributed by atoms with Gasteiger partial charge in [0.15, 0.2) is 0 Å². The third kappa shape index (κ3) is 5.84. The van der Waals surface area contributed by atoms with Gasteiger partial charge in [0.2, 0.25) is 0 Å². The number of fused-ring (bicyclic) bond motifs is 1. The van der Waals surface area contributed by atoms with E-state index in [1.54, 1.807) is 0 Å². The predicted octanol–water partition coefficient (Wildman–Crippen LogP) is 6.20. The molecular weight excluding hydrogens is 424 g/mol. The van der Waals surface area contributed by atoms with Crippen LogP contribution < -0.4 is 10.2 Å². The molecule has 1 unspecified atom stereocenters. The van der Waals surface area contributed by atoms with Crippen LogP contribution in [0.25, 0.3) is 0 Å². The number of nitrogens with zero attached hydrogens (tertiary/aromatic N) is 1. The van der Waals surface area contributed by atoms with E-state index in [4.69, 9.17) is 11.6 Å². The second kappa shape index (κ2) is 10.3. The molecule has 0 radical (unpaired) electrons. The Morgan fingerprint density at radius 2 is 1.84 bits per heavy atom. The number of nitrogens with one attached hydrogen (secondary N) is 1. The van der Waals surface area contributed by atoms with Crippen LogP contribution in [-0.4, -0.2) is 24.2 Å². The number of carbonyl (C=O) groups excluding carboxylic acids is 1. The molecule has 0 saturated heterocycles. The maximum absolute atomic E-state index is 12.9. The van der Waals surface area contributed by atoms with Crippen LogP contribution in [0.4, 0.5) is 5.69 Å². The van der Waals surface area contributed by atoms with Crippen molar-refractivity contribution in [2.24, 2.45) is 0 Å². The Kier molecular flexibility index (Phi) is 7.21. The smallest absolute Gasteiger partial charge is 0.251 e. The molecule has 0 aliphatic carbocycles. The summed E-state index contributed by atoms with van der Waals surface area (Å²) in [6, 6.07) is 24.6. The van der Waals surface area contributed by atoms with Gasteiger partial charge < -0.3 is 10.2 Å². The first-order chi connectivity index (χ1) is 15.1. The van der Waals surface area contributed by atoms with E-state index >= 15 is 0 Å². The van der Waals surface area contributed by atoms with Crippen LogP contribution in [0.5, 0.6) is 0 Å². The molecule has 1 atom stereocenters. The minimum Gasteiger partial charge on any atom is -0.365 e. The van der Waals surface area contributed by atoms with Gasteiger partial charge in [-0.15, -0.1) is 11.8 Å². The highest BCUT2D eigenvalue weighted by Gasteiger charge is 2.20. The van der Waals surface area contributed by atoms with Crippen molar-refractivity contribution in [2.75, 3.05) is 17.2 Å². The normalized spacial score (nSPS) is 14.1. The number of anilines is 1. The fraction of sp³-hybridized carbons (Fsp3) is 0.269. The molecule has 1 amide bonds. The standard InChI is InChI=1S/C26H27ClN2OS/c1-19(7-8-20-5-3-2-4-6-20)28-26(30)22-11-14-25-24(17-22)29(15-16-31-25)18-21-9-12-23(27)13-10-21/h2-6,9-14,17,19H,7-8,15-16,18H2,1H3,(H,28,30). The second-order valence-corrected chi connectivity index (χ2v) is 9.55. The van der Waals surface area contributed by atoms with Gasteiger partial charge in [0.05, 0.1) is 5.69 Å². The largest absolute Gasteiger partial charge is 0.365 e. The van der Waals surface area contributed by atoms with E-state index in [0.29, 0.717) is 5.56 Å². The van der Waals surface area contributed by atoms with Gasteiger partial charge >= 0.3 is 0 Å². The fourth-order valence-corrected chi connectivity index (χ4v) is 4.95. The van der Waals surface area contributed by atoms with Crippen LogP contribution in [0.15, 0.2) is 77.7 Å². The molecule has 0 spiro atoms. The van der Waals surface area contributed by atoms with Crippen molar-refractivity contribution in [1.29, 1.82) is 0 Å². The van der Waals surface area contributed by atoms with Gasteiger partial charge in [-0.05, 0) is 61.2 Å². The summed E-state index contributed by atoms with van der Waals surface area (Å²) in [6.07, 6.45) is 1.87. The number of hydrogen-bond donors (Lipinski definition) is 1. The Bertz CT molecular complexity index is 1020. The molecule has 0 fully saturated rings. The number of hydrogen-bond acceptors (Lipinski definition) is 3. The van der Waals surface area contributed by atoms with Gasteiger partial charge in [-0.2, -0.15) is 0 Å². The maximum atomic E-state index is 12.9. The van der Waals surface area contributed by atoms with Gasteiger partial charge in [0.25, 0.3) is 5.91 Å². The molecule has 0 saturated carbocycles. The van der Waals surface area contributed by atoms with Gasteiger partial charge in [-0.1, -0.05) is 54.1 Å². The molecule has 160 valence electrons. The van der Waals surface area contributed by atoms with E-state index in [1.807, 2.05) is 42.1 Å². The zero-order chi connectivity index (χ0) is 21.6.